The number of benzene rings is 1. The van der Waals surface area contributed by atoms with E-state index < -0.39 is 0 Å². The first kappa shape index (κ1) is 14.3. The molecule has 2 rings (SSSR count). The van der Waals surface area contributed by atoms with Crippen molar-refractivity contribution in [3.63, 3.8) is 0 Å². The topological polar surface area (TPSA) is 34.1 Å². The lowest BCUT2D eigenvalue weighted by atomic mass is 10.2. The first-order chi connectivity index (χ1) is 9.69. The van der Waals surface area contributed by atoms with E-state index in [0.29, 0.717) is 12.4 Å². The third kappa shape index (κ3) is 3.95. The van der Waals surface area contributed by atoms with Crippen LogP contribution < -0.4 is 10.1 Å². The summed E-state index contributed by atoms with van der Waals surface area (Å²) in [5.41, 5.74) is 1.77. The molecular weight excluding hydrogens is 255 g/mol. The van der Waals surface area contributed by atoms with Crippen LogP contribution >= 0.6 is 0 Å². The Morgan fingerprint density at radius 1 is 1.25 bits per heavy atom. The molecule has 106 valence electrons. The zero-order chi connectivity index (χ0) is 14.4. The van der Waals surface area contributed by atoms with Gasteiger partial charge in [0, 0.05) is 18.3 Å². The molecule has 0 bridgehead atoms. The minimum Gasteiger partial charge on any atom is -0.489 e. The molecule has 3 nitrogen and oxygen atoms in total. The second-order valence-corrected chi connectivity index (χ2v) is 4.68. The summed E-state index contributed by atoms with van der Waals surface area (Å²) in [7, 11) is 0. The van der Waals surface area contributed by atoms with Crippen molar-refractivity contribution >= 4 is 5.82 Å². The molecular formula is C16H19FN2O. The quantitative estimate of drug-likeness (QED) is 0.866. The monoisotopic (exact) mass is 274 g/mol. The van der Waals surface area contributed by atoms with E-state index >= 15 is 0 Å². The maximum absolute atomic E-state index is 13.0. The van der Waals surface area contributed by atoms with E-state index in [1.807, 2.05) is 19.1 Å². The number of nitrogens with zero attached hydrogens (tertiary/aromatic N) is 1. The zero-order valence-electron chi connectivity index (χ0n) is 11.8. The standard InChI is InChI=1S/C16H19FN2O/c1-3-8-18-16-7-4-13(10-19-16)11-20-15-6-5-14(17)9-12(15)2/h4-7,9-10H,3,8,11H2,1-2H3,(H,18,19). The molecule has 1 aromatic carbocycles. The fourth-order valence-electron chi connectivity index (χ4n) is 1.80. The number of hydrogen-bond acceptors (Lipinski definition) is 3. The first-order valence-electron chi connectivity index (χ1n) is 6.77. The summed E-state index contributed by atoms with van der Waals surface area (Å²) in [6.07, 6.45) is 2.85. The molecule has 1 N–H and O–H groups in total. The Morgan fingerprint density at radius 3 is 2.75 bits per heavy atom. The van der Waals surface area contributed by atoms with E-state index in [9.17, 15) is 4.39 Å². The van der Waals surface area contributed by atoms with E-state index in [-0.39, 0.29) is 5.82 Å². The average Bonchev–Trinajstić information content (AvgIpc) is 2.45. The maximum atomic E-state index is 13.0. The second kappa shape index (κ2) is 6.89. The van der Waals surface area contributed by atoms with Crippen molar-refractivity contribution in [1.29, 1.82) is 0 Å². The smallest absolute Gasteiger partial charge is 0.125 e. The van der Waals surface area contributed by atoms with Crippen LogP contribution in [0.3, 0.4) is 0 Å². The van der Waals surface area contributed by atoms with Gasteiger partial charge in [0.25, 0.3) is 0 Å². The Balaban J connectivity index is 1.93. The van der Waals surface area contributed by atoms with Crippen LogP contribution in [-0.2, 0) is 6.61 Å². The molecule has 0 fully saturated rings. The van der Waals surface area contributed by atoms with Crippen molar-refractivity contribution in [2.24, 2.45) is 0 Å². The molecule has 0 amide bonds. The average molecular weight is 274 g/mol. The number of ether oxygens (including phenoxy) is 1. The van der Waals surface area contributed by atoms with Gasteiger partial charge in [-0.05, 0) is 43.2 Å². The highest BCUT2D eigenvalue weighted by atomic mass is 19.1. The fraction of sp³-hybridized carbons (Fsp3) is 0.312. The number of aryl methyl sites for hydroxylation is 1. The Morgan fingerprint density at radius 2 is 2.10 bits per heavy atom. The van der Waals surface area contributed by atoms with E-state index in [1.54, 1.807) is 12.3 Å². The summed E-state index contributed by atoms with van der Waals surface area (Å²) >= 11 is 0. The molecule has 0 saturated heterocycles. The number of anilines is 1. The van der Waals surface area contributed by atoms with Gasteiger partial charge in [-0.25, -0.2) is 9.37 Å². The molecule has 20 heavy (non-hydrogen) atoms. The molecule has 0 spiro atoms. The van der Waals surface area contributed by atoms with E-state index in [2.05, 4.69) is 17.2 Å². The molecule has 0 aliphatic rings. The van der Waals surface area contributed by atoms with Crippen molar-refractivity contribution in [2.45, 2.75) is 26.9 Å². The number of rotatable bonds is 6. The van der Waals surface area contributed by atoms with Crippen LogP contribution in [0.15, 0.2) is 36.5 Å². The van der Waals surface area contributed by atoms with Gasteiger partial charge in [-0.15, -0.1) is 0 Å². The van der Waals surface area contributed by atoms with E-state index in [4.69, 9.17) is 4.74 Å². The zero-order valence-corrected chi connectivity index (χ0v) is 11.8. The van der Waals surface area contributed by atoms with Crippen LogP contribution in [0.2, 0.25) is 0 Å². The first-order valence-corrected chi connectivity index (χ1v) is 6.77. The van der Waals surface area contributed by atoms with Crippen LogP contribution in [0.4, 0.5) is 10.2 Å². The van der Waals surface area contributed by atoms with Crippen LogP contribution in [0.1, 0.15) is 24.5 Å². The molecule has 0 aliphatic heterocycles. The number of pyridine rings is 1. The third-order valence-corrected chi connectivity index (χ3v) is 2.91. The molecule has 0 atom stereocenters. The molecule has 1 heterocycles. The van der Waals surface area contributed by atoms with Gasteiger partial charge in [-0.2, -0.15) is 0 Å². The minimum atomic E-state index is -0.247. The predicted octanol–water partition coefficient (Wildman–Crippen LogP) is 3.93. The highest BCUT2D eigenvalue weighted by Gasteiger charge is 2.02. The van der Waals surface area contributed by atoms with Crippen molar-refractivity contribution in [3.05, 3.63) is 53.5 Å². The third-order valence-electron chi connectivity index (χ3n) is 2.91. The van der Waals surface area contributed by atoms with E-state index in [0.717, 1.165) is 29.9 Å². The Hall–Kier alpha value is -2.10. The van der Waals surface area contributed by atoms with Gasteiger partial charge in [0.2, 0.25) is 0 Å². The van der Waals surface area contributed by atoms with Gasteiger partial charge in [0.15, 0.2) is 0 Å². The van der Waals surface area contributed by atoms with Crippen LogP contribution in [0.5, 0.6) is 5.75 Å². The highest BCUT2D eigenvalue weighted by Crippen LogP contribution is 2.19. The molecule has 2 aromatic rings. The summed E-state index contributed by atoms with van der Waals surface area (Å²) < 4.78 is 18.7. The van der Waals surface area contributed by atoms with Gasteiger partial charge < -0.3 is 10.1 Å². The van der Waals surface area contributed by atoms with Gasteiger partial charge in [-0.1, -0.05) is 13.0 Å². The van der Waals surface area contributed by atoms with Crippen LogP contribution in [-0.4, -0.2) is 11.5 Å². The van der Waals surface area contributed by atoms with Crippen molar-refractivity contribution in [2.75, 3.05) is 11.9 Å². The van der Waals surface area contributed by atoms with Gasteiger partial charge in [0.05, 0.1) is 0 Å². The molecule has 0 radical (unpaired) electrons. The van der Waals surface area contributed by atoms with Crippen molar-refractivity contribution in [1.82, 2.24) is 4.98 Å². The summed E-state index contributed by atoms with van der Waals surface area (Å²) in [6, 6.07) is 8.43. The predicted molar refractivity (Wildman–Crippen MR) is 78.5 cm³/mol. The van der Waals surface area contributed by atoms with E-state index in [1.165, 1.54) is 12.1 Å². The lowest BCUT2D eigenvalue weighted by Crippen LogP contribution is -2.03. The van der Waals surface area contributed by atoms with Gasteiger partial charge in [0.1, 0.15) is 24.0 Å². The summed E-state index contributed by atoms with van der Waals surface area (Å²) in [4.78, 5) is 4.31. The summed E-state index contributed by atoms with van der Waals surface area (Å²) in [5, 5.41) is 3.22. The SMILES string of the molecule is CCCNc1ccc(COc2ccc(F)cc2C)cn1. The summed E-state index contributed by atoms with van der Waals surface area (Å²) in [5.74, 6) is 1.32. The van der Waals surface area contributed by atoms with Crippen molar-refractivity contribution in [3.8, 4) is 5.75 Å². The highest BCUT2D eigenvalue weighted by molar-refractivity contribution is 5.36. The van der Waals surface area contributed by atoms with Gasteiger partial charge >= 0.3 is 0 Å². The Labute approximate surface area is 118 Å². The maximum Gasteiger partial charge on any atom is 0.125 e. The number of hydrogen-bond donors (Lipinski definition) is 1. The lowest BCUT2D eigenvalue weighted by Gasteiger charge is -2.09. The van der Waals surface area contributed by atoms with Crippen molar-refractivity contribution < 1.29 is 9.13 Å². The molecule has 1 aromatic heterocycles. The molecule has 4 heteroatoms. The fourth-order valence-corrected chi connectivity index (χ4v) is 1.80. The largest absolute Gasteiger partial charge is 0.489 e. The minimum absolute atomic E-state index is 0.247. The molecule has 0 saturated carbocycles. The Bertz CT molecular complexity index is 555. The van der Waals surface area contributed by atoms with Crippen LogP contribution in [0.25, 0.3) is 0 Å². The Kier molecular flexibility index (Phi) is 4.93. The lowest BCUT2D eigenvalue weighted by molar-refractivity contribution is 0.303. The second-order valence-electron chi connectivity index (χ2n) is 4.68. The number of halogens is 1. The number of aromatic nitrogens is 1. The molecule has 0 aliphatic carbocycles. The molecule has 0 unspecified atom stereocenters. The van der Waals surface area contributed by atoms with Gasteiger partial charge in [-0.3, -0.25) is 0 Å². The summed E-state index contributed by atoms with van der Waals surface area (Å²) in [6.45, 7) is 5.28. The van der Waals surface area contributed by atoms with Crippen LogP contribution in [0, 0.1) is 12.7 Å². The normalized spacial score (nSPS) is 10.3. The number of nitrogens with one attached hydrogen (secondary N) is 1.